The maximum Gasteiger partial charge on any atom is 0.225 e. The van der Waals surface area contributed by atoms with Crippen LogP contribution in [-0.2, 0) is 0 Å². The van der Waals surface area contributed by atoms with Gasteiger partial charge < -0.3 is 9.32 Å². The molecule has 0 N–H and O–H groups in total. The molecule has 0 bridgehead atoms. The predicted molar refractivity (Wildman–Crippen MR) is 51.1 cm³/mol. The molecule has 0 fully saturated rings. The summed E-state index contributed by atoms with van der Waals surface area (Å²) in [6.07, 6.45) is 1.57. The summed E-state index contributed by atoms with van der Waals surface area (Å²) in [5.41, 5.74) is 1.39. The van der Waals surface area contributed by atoms with Gasteiger partial charge in [-0.2, -0.15) is 4.98 Å². The van der Waals surface area contributed by atoms with Crippen molar-refractivity contribution >= 4 is 28.5 Å². The normalized spacial score (nSPS) is 10.7. The van der Waals surface area contributed by atoms with Gasteiger partial charge in [0.05, 0.1) is 6.26 Å². The quantitative estimate of drug-likeness (QED) is 0.656. The Kier molecular flexibility index (Phi) is 1.84. The Bertz CT molecular complexity index is 438. The first-order valence-corrected chi connectivity index (χ1v) is 4.14. The Labute approximate surface area is 80.1 Å². The Balaban J connectivity index is 2.77. The third-order valence-corrected chi connectivity index (χ3v) is 1.85. The molecule has 0 aliphatic carbocycles. The summed E-state index contributed by atoms with van der Waals surface area (Å²) in [7, 11) is 3.75. The van der Waals surface area contributed by atoms with Crippen LogP contribution in [0.2, 0.25) is 5.28 Å². The number of rotatable bonds is 1. The number of hydrogen-bond acceptors (Lipinski definition) is 4. The first kappa shape index (κ1) is 8.31. The van der Waals surface area contributed by atoms with Crippen LogP contribution in [0.4, 0.5) is 5.82 Å². The molecule has 0 atom stereocenters. The van der Waals surface area contributed by atoms with E-state index in [-0.39, 0.29) is 5.28 Å². The molecule has 13 heavy (non-hydrogen) atoms. The molecule has 4 nitrogen and oxygen atoms in total. The molecule has 2 aromatic heterocycles. The number of anilines is 1. The molecule has 0 aliphatic rings. The minimum atomic E-state index is 0.234. The molecule has 2 rings (SSSR count). The molecule has 0 unspecified atom stereocenters. The molecule has 2 heterocycles. The van der Waals surface area contributed by atoms with Crippen LogP contribution in [-0.4, -0.2) is 24.1 Å². The maximum atomic E-state index is 5.73. The number of nitrogens with zero attached hydrogens (tertiary/aromatic N) is 3. The molecule has 0 amide bonds. The highest BCUT2D eigenvalue weighted by Crippen LogP contribution is 2.24. The van der Waals surface area contributed by atoms with Crippen molar-refractivity contribution in [3.05, 3.63) is 17.6 Å². The fourth-order valence-electron chi connectivity index (χ4n) is 1.12. The minimum Gasteiger partial charge on any atom is -0.459 e. The van der Waals surface area contributed by atoms with E-state index in [1.165, 1.54) is 0 Å². The van der Waals surface area contributed by atoms with E-state index in [0.717, 1.165) is 5.52 Å². The van der Waals surface area contributed by atoms with Gasteiger partial charge in [0.2, 0.25) is 5.28 Å². The van der Waals surface area contributed by atoms with Crippen LogP contribution in [0.25, 0.3) is 11.1 Å². The smallest absolute Gasteiger partial charge is 0.225 e. The largest absolute Gasteiger partial charge is 0.459 e. The summed E-state index contributed by atoms with van der Waals surface area (Å²) in [5, 5.41) is 0.234. The molecule has 0 aliphatic heterocycles. The second-order valence-corrected chi connectivity index (χ2v) is 3.18. The number of fused-ring (bicyclic) bond motifs is 1. The van der Waals surface area contributed by atoms with Crippen LogP contribution in [0.3, 0.4) is 0 Å². The van der Waals surface area contributed by atoms with Gasteiger partial charge in [0.1, 0.15) is 5.52 Å². The number of hydrogen-bond donors (Lipinski definition) is 0. The molecule has 68 valence electrons. The van der Waals surface area contributed by atoms with Crippen molar-refractivity contribution in [1.29, 1.82) is 0 Å². The lowest BCUT2D eigenvalue weighted by atomic mass is 10.4. The molecule has 0 aromatic carbocycles. The molecule has 0 saturated carbocycles. The molecular formula is C8H8ClN3O. The fourth-order valence-corrected chi connectivity index (χ4v) is 1.29. The molecule has 0 spiro atoms. The summed E-state index contributed by atoms with van der Waals surface area (Å²) in [6.45, 7) is 0. The van der Waals surface area contributed by atoms with E-state index in [4.69, 9.17) is 16.0 Å². The second-order valence-electron chi connectivity index (χ2n) is 2.85. The summed E-state index contributed by atoms with van der Waals surface area (Å²) in [6, 6.07) is 1.76. The minimum absolute atomic E-state index is 0.234. The van der Waals surface area contributed by atoms with Gasteiger partial charge in [-0.15, -0.1) is 0 Å². The van der Waals surface area contributed by atoms with E-state index >= 15 is 0 Å². The van der Waals surface area contributed by atoms with Crippen molar-refractivity contribution in [2.45, 2.75) is 0 Å². The second kappa shape index (κ2) is 2.88. The van der Waals surface area contributed by atoms with Crippen molar-refractivity contribution < 1.29 is 4.42 Å². The fraction of sp³-hybridized carbons (Fsp3) is 0.250. The highest BCUT2D eigenvalue weighted by atomic mass is 35.5. The Morgan fingerprint density at radius 2 is 2.15 bits per heavy atom. The van der Waals surface area contributed by atoms with Gasteiger partial charge in [-0.3, -0.25) is 0 Å². The van der Waals surface area contributed by atoms with Crippen LogP contribution >= 0.6 is 11.6 Å². The van der Waals surface area contributed by atoms with Crippen LogP contribution in [0.15, 0.2) is 16.7 Å². The van der Waals surface area contributed by atoms with Gasteiger partial charge in [-0.05, 0) is 11.6 Å². The lowest BCUT2D eigenvalue weighted by Gasteiger charge is -2.10. The highest BCUT2D eigenvalue weighted by molar-refractivity contribution is 6.28. The van der Waals surface area contributed by atoms with E-state index in [1.807, 2.05) is 19.0 Å². The SMILES string of the molecule is CN(C)c1nc(Cl)nc2ccoc12. The van der Waals surface area contributed by atoms with E-state index in [0.29, 0.717) is 11.4 Å². The van der Waals surface area contributed by atoms with Gasteiger partial charge in [-0.1, -0.05) is 0 Å². The van der Waals surface area contributed by atoms with Gasteiger partial charge in [-0.25, -0.2) is 4.98 Å². The van der Waals surface area contributed by atoms with Crippen LogP contribution in [0.1, 0.15) is 0 Å². The molecule has 2 aromatic rings. The van der Waals surface area contributed by atoms with Gasteiger partial charge >= 0.3 is 0 Å². The van der Waals surface area contributed by atoms with Crippen molar-refractivity contribution in [3.63, 3.8) is 0 Å². The van der Waals surface area contributed by atoms with E-state index in [9.17, 15) is 0 Å². The monoisotopic (exact) mass is 197 g/mol. The van der Waals surface area contributed by atoms with Crippen molar-refractivity contribution in [1.82, 2.24) is 9.97 Å². The molecular weight excluding hydrogens is 190 g/mol. The number of furan rings is 1. The highest BCUT2D eigenvalue weighted by Gasteiger charge is 2.10. The first-order chi connectivity index (χ1) is 6.18. The van der Waals surface area contributed by atoms with Crippen molar-refractivity contribution in [2.75, 3.05) is 19.0 Å². The van der Waals surface area contributed by atoms with E-state index < -0.39 is 0 Å². The zero-order chi connectivity index (χ0) is 9.42. The van der Waals surface area contributed by atoms with E-state index in [2.05, 4.69) is 9.97 Å². The summed E-state index contributed by atoms with van der Waals surface area (Å²) >= 11 is 5.73. The first-order valence-electron chi connectivity index (χ1n) is 3.76. The van der Waals surface area contributed by atoms with E-state index in [1.54, 1.807) is 12.3 Å². The number of aromatic nitrogens is 2. The number of halogens is 1. The summed E-state index contributed by atoms with van der Waals surface area (Å²) < 4.78 is 5.24. The maximum absolute atomic E-state index is 5.73. The van der Waals surface area contributed by atoms with Crippen molar-refractivity contribution in [3.8, 4) is 0 Å². The van der Waals surface area contributed by atoms with Gasteiger partial charge in [0.15, 0.2) is 11.4 Å². The topological polar surface area (TPSA) is 42.2 Å². The molecule has 5 heteroatoms. The third-order valence-electron chi connectivity index (χ3n) is 1.68. The molecule has 0 saturated heterocycles. The summed E-state index contributed by atoms with van der Waals surface area (Å²) in [4.78, 5) is 9.90. The predicted octanol–water partition coefficient (Wildman–Crippen LogP) is 1.94. The zero-order valence-electron chi connectivity index (χ0n) is 7.28. The average Bonchev–Trinajstić information content (AvgIpc) is 2.49. The standard InChI is InChI=1S/C8H8ClN3O/c1-12(2)7-6-5(3-4-13-6)10-8(9)11-7/h3-4H,1-2H3. The van der Waals surface area contributed by atoms with Crippen molar-refractivity contribution in [2.24, 2.45) is 0 Å². The Hall–Kier alpha value is -1.29. The van der Waals surface area contributed by atoms with Gasteiger partial charge in [0, 0.05) is 20.2 Å². The zero-order valence-corrected chi connectivity index (χ0v) is 8.04. The molecule has 0 radical (unpaired) electrons. The lowest BCUT2D eigenvalue weighted by molar-refractivity contribution is 0.613. The summed E-state index contributed by atoms with van der Waals surface area (Å²) in [5.74, 6) is 0.694. The Morgan fingerprint density at radius 3 is 2.85 bits per heavy atom. The van der Waals surface area contributed by atoms with Crippen LogP contribution < -0.4 is 4.90 Å². The third kappa shape index (κ3) is 1.33. The average molecular weight is 198 g/mol. The van der Waals surface area contributed by atoms with Gasteiger partial charge in [0.25, 0.3) is 0 Å². The lowest BCUT2D eigenvalue weighted by Crippen LogP contribution is -2.11. The Morgan fingerprint density at radius 1 is 1.38 bits per heavy atom. The van der Waals surface area contributed by atoms with Crippen LogP contribution in [0, 0.1) is 0 Å². The van der Waals surface area contributed by atoms with Crippen LogP contribution in [0.5, 0.6) is 0 Å².